The number of hydrogen-bond donors (Lipinski definition) is 1. The van der Waals surface area contributed by atoms with E-state index >= 15 is 0 Å². The summed E-state index contributed by atoms with van der Waals surface area (Å²) in [6.45, 7) is 10.2. The molecular weight excluding hydrogens is 154 g/mol. The highest BCUT2D eigenvalue weighted by atomic mass is 16.2. The third-order valence-electron chi connectivity index (χ3n) is 1.18. The Morgan fingerprint density at radius 1 is 1.42 bits per heavy atom. The molecule has 3 heteroatoms. The van der Waals surface area contributed by atoms with E-state index in [1.54, 1.807) is 0 Å². The zero-order valence-electron chi connectivity index (χ0n) is 7.39. The topological polar surface area (TPSA) is 46.2 Å². The summed E-state index contributed by atoms with van der Waals surface area (Å²) in [5.74, 6) is -0.872. The standard InChI is InChI=1S/C9H13NO2/c1-5-8(11)7(4)9(12)10-6(2)3/h5-6H,1,4H2,2-3H3,(H,10,12). The third-order valence-corrected chi connectivity index (χ3v) is 1.18. The molecule has 3 nitrogen and oxygen atoms in total. The zero-order chi connectivity index (χ0) is 9.72. The van der Waals surface area contributed by atoms with Gasteiger partial charge in [-0.25, -0.2) is 0 Å². The predicted octanol–water partition coefficient (Wildman–Crippen LogP) is 0.822. The first-order valence-corrected chi connectivity index (χ1v) is 3.65. The van der Waals surface area contributed by atoms with Gasteiger partial charge in [-0.15, -0.1) is 0 Å². The average Bonchev–Trinajstić information content (AvgIpc) is 2.00. The molecule has 0 saturated carbocycles. The molecule has 12 heavy (non-hydrogen) atoms. The SMILES string of the molecule is C=CC(=O)C(=C)C(=O)NC(C)C. The first-order valence-electron chi connectivity index (χ1n) is 3.65. The summed E-state index contributed by atoms with van der Waals surface area (Å²) in [7, 11) is 0. The van der Waals surface area contributed by atoms with Crippen LogP contribution in [0.25, 0.3) is 0 Å². The Bertz CT molecular complexity index is 229. The number of ketones is 1. The van der Waals surface area contributed by atoms with Gasteiger partial charge in [0.1, 0.15) is 0 Å². The summed E-state index contributed by atoms with van der Waals surface area (Å²) < 4.78 is 0. The number of rotatable bonds is 4. The molecule has 0 aromatic carbocycles. The molecule has 0 aromatic heterocycles. The molecule has 0 aromatic rings. The lowest BCUT2D eigenvalue weighted by Crippen LogP contribution is -2.32. The molecule has 0 heterocycles. The molecular formula is C9H13NO2. The first kappa shape index (κ1) is 10.6. The molecule has 0 saturated heterocycles. The molecule has 0 aliphatic heterocycles. The molecule has 0 bridgehead atoms. The monoisotopic (exact) mass is 167 g/mol. The molecule has 66 valence electrons. The molecule has 0 unspecified atom stereocenters. The minimum atomic E-state index is -0.437. The molecule has 0 radical (unpaired) electrons. The van der Waals surface area contributed by atoms with Crippen LogP contribution in [0, 0.1) is 0 Å². The molecule has 0 spiro atoms. The van der Waals surface area contributed by atoms with Gasteiger partial charge in [-0.1, -0.05) is 13.2 Å². The van der Waals surface area contributed by atoms with Crippen molar-refractivity contribution in [3.8, 4) is 0 Å². The largest absolute Gasteiger partial charge is 0.350 e. The third kappa shape index (κ3) is 3.14. The highest BCUT2D eigenvalue weighted by molar-refractivity contribution is 6.22. The molecule has 0 atom stereocenters. The maximum absolute atomic E-state index is 11.1. The van der Waals surface area contributed by atoms with Gasteiger partial charge in [0.05, 0.1) is 5.57 Å². The van der Waals surface area contributed by atoms with Gasteiger partial charge in [-0.3, -0.25) is 9.59 Å². The Morgan fingerprint density at radius 2 is 1.92 bits per heavy atom. The highest BCUT2D eigenvalue weighted by Gasteiger charge is 2.12. The fourth-order valence-electron chi connectivity index (χ4n) is 0.584. The highest BCUT2D eigenvalue weighted by Crippen LogP contribution is 1.94. The fourth-order valence-corrected chi connectivity index (χ4v) is 0.584. The Morgan fingerprint density at radius 3 is 2.25 bits per heavy atom. The van der Waals surface area contributed by atoms with E-state index < -0.39 is 11.7 Å². The summed E-state index contributed by atoms with van der Waals surface area (Å²) in [6.07, 6.45) is 1.07. The predicted molar refractivity (Wildman–Crippen MR) is 47.6 cm³/mol. The van der Waals surface area contributed by atoms with E-state index in [9.17, 15) is 9.59 Å². The van der Waals surface area contributed by atoms with Gasteiger partial charge in [0.2, 0.25) is 0 Å². The van der Waals surface area contributed by atoms with Gasteiger partial charge in [-0.2, -0.15) is 0 Å². The molecule has 0 fully saturated rings. The smallest absolute Gasteiger partial charge is 0.254 e. The van der Waals surface area contributed by atoms with Crippen molar-refractivity contribution in [3.63, 3.8) is 0 Å². The van der Waals surface area contributed by atoms with Crippen molar-refractivity contribution in [2.45, 2.75) is 19.9 Å². The number of amides is 1. The van der Waals surface area contributed by atoms with Gasteiger partial charge in [0, 0.05) is 6.04 Å². The Balaban J connectivity index is 4.21. The van der Waals surface area contributed by atoms with Crippen molar-refractivity contribution in [1.82, 2.24) is 5.32 Å². The van der Waals surface area contributed by atoms with E-state index in [-0.39, 0.29) is 11.6 Å². The quantitative estimate of drug-likeness (QED) is 0.383. The van der Waals surface area contributed by atoms with Crippen LogP contribution < -0.4 is 5.32 Å². The lowest BCUT2D eigenvalue weighted by atomic mass is 10.2. The van der Waals surface area contributed by atoms with Crippen LogP contribution in [0.1, 0.15) is 13.8 Å². The minimum Gasteiger partial charge on any atom is -0.350 e. The van der Waals surface area contributed by atoms with Crippen LogP contribution in [0.4, 0.5) is 0 Å². The van der Waals surface area contributed by atoms with Crippen LogP contribution in [0.2, 0.25) is 0 Å². The number of nitrogens with one attached hydrogen (secondary N) is 1. The summed E-state index contributed by atoms with van der Waals surface area (Å²) in [5.41, 5.74) is -0.0706. The number of carbonyl (C=O) groups excluding carboxylic acids is 2. The Labute approximate surface area is 72.2 Å². The van der Waals surface area contributed by atoms with Crippen LogP contribution in [-0.4, -0.2) is 17.7 Å². The van der Waals surface area contributed by atoms with Crippen molar-refractivity contribution in [1.29, 1.82) is 0 Å². The lowest BCUT2D eigenvalue weighted by Gasteiger charge is -2.07. The summed E-state index contributed by atoms with van der Waals surface area (Å²) in [6, 6.07) is 0.00636. The van der Waals surface area contributed by atoms with Crippen molar-refractivity contribution in [2.24, 2.45) is 0 Å². The van der Waals surface area contributed by atoms with E-state index in [0.717, 1.165) is 6.08 Å². The van der Waals surface area contributed by atoms with Gasteiger partial charge < -0.3 is 5.32 Å². The molecule has 0 aliphatic rings. The van der Waals surface area contributed by atoms with Crippen molar-refractivity contribution < 1.29 is 9.59 Å². The average molecular weight is 167 g/mol. The van der Waals surface area contributed by atoms with Crippen LogP contribution in [-0.2, 0) is 9.59 Å². The summed E-state index contributed by atoms with van der Waals surface area (Å²) in [5, 5.41) is 2.55. The van der Waals surface area contributed by atoms with E-state index in [4.69, 9.17) is 0 Å². The Hall–Kier alpha value is -1.38. The van der Waals surface area contributed by atoms with Gasteiger partial charge in [-0.05, 0) is 19.9 Å². The molecule has 0 aliphatic carbocycles. The van der Waals surface area contributed by atoms with Crippen molar-refractivity contribution in [3.05, 3.63) is 24.8 Å². The summed E-state index contributed by atoms with van der Waals surface area (Å²) >= 11 is 0. The number of allylic oxidation sites excluding steroid dienone is 1. The zero-order valence-corrected chi connectivity index (χ0v) is 7.39. The first-order chi connectivity index (χ1) is 5.49. The van der Waals surface area contributed by atoms with E-state index in [1.165, 1.54) is 0 Å². The second-order valence-electron chi connectivity index (χ2n) is 2.68. The van der Waals surface area contributed by atoms with E-state index in [1.807, 2.05) is 13.8 Å². The van der Waals surface area contributed by atoms with Crippen LogP contribution in [0.5, 0.6) is 0 Å². The Kier molecular flexibility index (Phi) is 3.97. The van der Waals surface area contributed by atoms with Gasteiger partial charge in [0.25, 0.3) is 5.91 Å². The van der Waals surface area contributed by atoms with E-state index in [0.29, 0.717) is 0 Å². The fraction of sp³-hybridized carbons (Fsp3) is 0.333. The van der Waals surface area contributed by atoms with Crippen LogP contribution in [0.15, 0.2) is 24.8 Å². The van der Waals surface area contributed by atoms with Gasteiger partial charge >= 0.3 is 0 Å². The normalized spacial score (nSPS) is 9.25. The number of hydrogen-bond acceptors (Lipinski definition) is 2. The lowest BCUT2D eigenvalue weighted by molar-refractivity contribution is -0.121. The van der Waals surface area contributed by atoms with Crippen molar-refractivity contribution in [2.75, 3.05) is 0 Å². The molecule has 1 N–H and O–H groups in total. The number of carbonyl (C=O) groups is 2. The van der Waals surface area contributed by atoms with Crippen LogP contribution >= 0.6 is 0 Å². The second-order valence-corrected chi connectivity index (χ2v) is 2.68. The second kappa shape index (κ2) is 4.49. The van der Waals surface area contributed by atoms with Crippen LogP contribution in [0.3, 0.4) is 0 Å². The minimum absolute atomic E-state index is 0.00636. The van der Waals surface area contributed by atoms with Gasteiger partial charge in [0.15, 0.2) is 5.78 Å². The molecule has 0 rings (SSSR count). The molecule has 1 amide bonds. The van der Waals surface area contributed by atoms with E-state index in [2.05, 4.69) is 18.5 Å². The summed E-state index contributed by atoms with van der Waals surface area (Å²) in [4.78, 5) is 21.9. The maximum atomic E-state index is 11.1. The maximum Gasteiger partial charge on any atom is 0.254 e. The van der Waals surface area contributed by atoms with Crippen molar-refractivity contribution >= 4 is 11.7 Å².